The highest BCUT2D eigenvalue weighted by molar-refractivity contribution is 6.31. The molecule has 1 amide bonds. The first-order valence-electron chi connectivity index (χ1n) is 9.87. The summed E-state index contributed by atoms with van der Waals surface area (Å²) in [5, 5.41) is 4.30. The molecular weight excluding hydrogens is 412 g/mol. The summed E-state index contributed by atoms with van der Waals surface area (Å²) < 4.78 is 5.65. The molecule has 4 rings (SSSR count). The minimum atomic E-state index is -1.08. The first-order chi connectivity index (χ1) is 15.0. The summed E-state index contributed by atoms with van der Waals surface area (Å²) in [7, 11) is 0. The summed E-state index contributed by atoms with van der Waals surface area (Å²) in [5.41, 5.74) is 3.79. The predicted molar refractivity (Wildman–Crippen MR) is 122 cm³/mol. The monoisotopic (exact) mass is 432 g/mol. The van der Waals surface area contributed by atoms with E-state index in [9.17, 15) is 9.59 Å². The van der Waals surface area contributed by atoms with E-state index in [0.29, 0.717) is 16.3 Å². The largest absolute Gasteiger partial charge is 0.447 e. The molecule has 0 fully saturated rings. The molecule has 0 saturated carbocycles. The van der Waals surface area contributed by atoms with Gasteiger partial charge in [0, 0.05) is 33.4 Å². The average molecular weight is 433 g/mol. The van der Waals surface area contributed by atoms with Gasteiger partial charge in [0.1, 0.15) is 0 Å². The van der Waals surface area contributed by atoms with E-state index < -0.39 is 18.0 Å². The van der Waals surface area contributed by atoms with Crippen molar-refractivity contribution in [2.24, 2.45) is 0 Å². The lowest BCUT2D eigenvalue weighted by Gasteiger charge is -2.18. The molecule has 31 heavy (non-hydrogen) atoms. The van der Waals surface area contributed by atoms with Crippen LogP contribution in [0.5, 0.6) is 0 Å². The molecule has 156 valence electrons. The van der Waals surface area contributed by atoms with Gasteiger partial charge in [-0.2, -0.15) is 0 Å². The molecule has 1 aromatic heterocycles. The maximum atomic E-state index is 13.0. The van der Waals surface area contributed by atoms with Crippen LogP contribution in [0.1, 0.15) is 22.8 Å². The molecule has 0 bridgehead atoms. The number of anilines is 1. The van der Waals surface area contributed by atoms with E-state index in [-0.39, 0.29) is 6.42 Å². The van der Waals surface area contributed by atoms with Crippen LogP contribution < -0.4 is 5.32 Å². The topological polar surface area (TPSA) is 71.2 Å². The fourth-order valence-electron chi connectivity index (χ4n) is 3.39. The van der Waals surface area contributed by atoms with Crippen LogP contribution >= 0.6 is 11.6 Å². The lowest BCUT2D eigenvalue weighted by Crippen LogP contribution is -2.26. The SMILES string of the molecule is Cc1ccc(NC(=O)C(OC(=O)Cc2c[nH]c3ccccc23)c2ccccc2)cc1Cl. The fraction of sp³-hybridized carbons (Fsp3) is 0.120. The van der Waals surface area contributed by atoms with Crippen LogP contribution in [0.15, 0.2) is 79.0 Å². The lowest BCUT2D eigenvalue weighted by atomic mass is 10.1. The highest BCUT2D eigenvalue weighted by Gasteiger charge is 2.25. The Morgan fingerprint density at radius 1 is 1.03 bits per heavy atom. The van der Waals surface area contributed by atoms with Crippen molar-refractivity contribution in [2.45, 2.75) is 19.4 Å². The molecule has 0 spiro atoms. The standard InChI is InChI=1S/C25H21ClN2O3/c1-16-11-12-19(14-21(16)26)28-25(30)24(17-7-3-2-4-8-17)31-23(29)13-18-15-27-22-10-6-5-9-20(18)22/h2-12,14-15,24,27H,13H2,1H3,(H,28,30). The Morgan fingerprint density at radius 2 is 1.77 bits per heavy atom. The van der Waals surface area contributed by atoms with Crippen molar-refractivity contribution in [3.05, 3.63) is 101 Å². The van der Waals surface area contributed by atoms with Gasteiger partial charge in [0.05, 0.1) is 6.42 Å². The number of nitrogens with one attached hydrogen (secondary N) is 2. The molecule has 4 aromatic rings. The number of aryl methyl sites for hydroxylation is 1. The highest BCUT2D eigenvalue weighted by Crippen LogP contribution is 2.25. The minimum Gasteiger partial charge on any atom is -0.447 e. The van der Waals surface area contributed by atoms with Gasteiger partial charge in [-0.1, -0.05) is 66.2 Å². The molecule has 0 saturated heterocycles. The molecule has 1 atom stereocenters. The maximum absolute atomic E-state index is 13.0. The highest BCUT2D eigenvalue weighted by atomic mass is 35.5. The van der Waals surface area contributed by atoms with Gasteiger partial charge in [-0.25, -0.2) is 0 Å². The molecule has 0 aliphatic heterocycles. The minimum absolute atomic E-state index is 0.0526. The molecule has 0 radical (unpaired) electrons. The molecule has 2 N–H and O–H groups in total. The van der Waals surface area contributed by atoms with Crippen molar-refractivity contribution in [1.82, 2.24) is 4.98 Å². The van der Waals surface area contributed by atoms with Crippen LogP contribution in [0.2, 0.25) is 5.02 Å². The van der Waals surface area contributed by atoms with E-state index in [0.717, 1.165) is 22.0 Å². The lowest BCUT2D eigenvalue weighted by molar-refractivity contribution is -0.154. The number of hydrogen-bond acceptors (Lipinski definition) is 3. The van der Waals surface area contributed by atoms with Gasteiger partial charge in [-0.3, -0.25) is 9.59 Å². The number of carbonyl (C=O) groups excluding carboxylic acids is 2. The number of fused-ring (bicyclic) bond motifs is 1. The molecule has 0 aliphatic rings. The van der Waals surface area contributed by atoms with Gasteiger partial charge in [0.25, 0.3) is 5.91 Å². The van der Waals surface area contributed by atoms with Gasteiger partial charge in [0.15, 0.2) is 0 Å². The third-order valence-electron chi connectivity index (χ3n) is 5.04. The van der Waals surface area contributed by atoms with Gasteiger partial charge in [-0.15, -0.1) is 0 Å². The van der Waals surface area contributed by atoms with Crippen LogP contribution in [-0.4, -0.2) is 16.9 Å². The van der Waals surface area contributed by atoms with Crippen LogP contribution in [0.4, 0.5) is 5.69 Å². The van der Waals surface area contributed by atoms with Crippen LogP contribution in [-0.2, 0) is 20.7 Å². The van der Waals surface area contributed by atoms with Crippen molar-refractivity contribution in [2.75, 3.05) is 5.32 Å². The van der Waals surface area contributed by atoms with Crippen LogP contribution in [0.3, 0.4) is 0 Å². The van der Waals surface area contributed by atoms with Crippen molar-refractivity contribution in [3.63, 3.8) is 0 Å². The van der Waals surface area contributed by atoms with Crippen molar-refractivity contribution in [3.8, 4) is 0 Å². The van der Waals surface area contributed by atoms with Crippen molar-refractivity contribution >= 4 is 40.1 Å². The Balaban J connectivity index is 1.54. The number of esters is 1. The van der Waals surface area contributed by atoms with Crippen LogP contribution in [0, 0.1) is 6.92 Å². The van der Waals surface area contributed by atoms with Crippen LogP contribution in [0.25, 0.3) is 10.9 Å². The molecular formula is C25H21ClN2O3. The number of halogens is 1. The summed E-state index contributed by atoms with van der Waals surface area (Å²) in [4.78, 5) is 28.9. The van der Waals surface area contributed by atoms with Crippen molar-refractivity contribution in [1.29, 1.82) is 0 Å². The van der Waals surface area contributed by atoms with Gasteiger partial charge < -0.3 is 15.0 Å². The van der Waals surface area contributed by atoms with Gasteiger partial charge >= 0.3 is 5.97 Å². The zero-order valence-electron chi connectivity index (χ0n) is 16.9. The Morgan fingerprint density at radius 3 is 2.55 bits per heavy atom. The Kier molecular flexibility index (Phi) is 6.05. The number of aromatic nitrogens is 1. The molecule has 3 aromatic carbocycles. The van der Waals surface area contributed by atoms with E-state index in [1.165, 1.54) is 0 Å². The van der Waals surface area contributed by atoms with E-state index in [4.69, 9.17) is 16.3 Å². The molecule has 0 aliphatic carbocycles. The molecule has 1 unspecified atom stereocenters. The quantitative estimate of drug-likeness (QED) is 0.390. The summed E-state index contributed by atoms with van der Waals surface area (Å²) in [6.45, 7) is 1.88. The zero-order valence-corrected chi connectivity index (χ0v) is 17.6. The summed E-state index contributed by atoms with van der Waals surface area (Å²) in [5.74, 6) is -0.936. The van der Waals surface area contributed by atoms with E-state index in [1.807, 2.05) is 43.3 Å². The number of rotatable bonds is 6. The Hall–Kier alpha value is -3.57. The number of carbonyl (C=O) groups is 2. The van der Waals surface area contributed by atoms with E-state index in [2.05, 4.69) is 10.3 Å². The second kappa shape index (κ2) is 9.06. The first kappa shape index (κ1) is 20.7. The molecule has 6 heteroatoms. The predicted octanol–water partition coefficient (Wildman–Crippen LogP) is 5.60. The maximum Gasteiger partial charge on any atom is 0.311 e. The zero-order chi connectivity index (χ0) is 21.8. The number of H-pyrrole nitrogens is 1. The number of amides is 1. The van der Waals surface area contributed by atoms with E-state index >= 15 is 0 Å². The number of hydrogen-bond donors (Lipinski definition) is 2. The van der Waals surface area contributed by atoms with E-state index in [1.54, 1.807) is 42.6 Å². The number of aromatic amines is 1. The Labute approximate surface area is 185 Å². The van der Waals surface area contributed by atoms with Gasteiger partial charge in [-0.05, 0) is 36.2 Å². The molecule has 1 heterocycles. The first-order valence-corrected chi connectivity index (χ1v) is 10.3. The number of ether oxygens (including phenoxy) is 1. The second-order valence-electron chi connectivity index (χ2n) is 7.27. The second-order valence-corrected chi connectivity index (χ2v) is 7.68. The van der Waals surface area contributed by atoms with Crippen molar-refractivity contribution < 1.29 is 14.3 Å². The third-order valence-corrected chi connectivity index (χ3v) is 5.45. The smallest absolute Gasteiger partial charge is 0.311 e. The van der Waals surface area contributed by atoms with Gasteiger partial charge in [0.2, 0.25) is 6.10 Å². The summed E-state index contributed by atoms with van der Waals surface area (Å²) in [6.07, 6.45) is 0.758. The number of benzene rings is 3. The third kappa shape index (κ3) is 4.78. The average Bonchev–Trinajstić information content (AvgIpc) is 3.18. The summed E-state index contributed by atoms with van der Waals surface area (Å²) >= 11 is 6.17. The normalized spacial score (nSPS) is 11.8. The number of para-hydroxylation sites is 1. The summed E-state index contributed by atoms with van der Waals surface area (Å²) in [6, 6.07) is 21.9. The molecule has 5 nitrogen and oxygen atoms in total. The fourth-order valence-corrected chi connectivity index (χ4v) is 3.57. The Bertz CT molecular complexity index is 1230.